The first-order valence-corrected chi connectivity index (χ1v) is 6.23. The van der Waals surface area contributed by atoms with Crippen molar-refractivity contribution in [1.29, 1.82) is 0 Å². The number of nitrogens with zero attached hydrogens (tertiary/aromatic N) is 1. The van der Waals surface area contributed by atoms with Gasteiger partial charge < -0.3 is 15.0 Å². The highest BCUT2D eigenvalue weighted by molar-refractivity contribution is 5.79. The zero-order chi connectivity index (χ0) is 12.3. The molecular formula is C12H20N2O3. The molecule has 0 bridgehead atoms. The number of methoxy groups -OCH3 is 1. The van der Waals surface area contributed by atoms with Crippen molar-refractivity contribution in [1.82, 2.24) is 10.2 Å². The molecule has 2 rings (SSSR count). The highest BCUT2D eigenvalue weighted by Crippen LogP contribution is 2.31. The molecule has 1 N–H and O–H groups in total. The lowest BCUT2D eigenvalue weighted by molar-refractivity contribution is -0.135. The Balaban J connectivity index is 1.93. The van der Waals surface area contributed by atoms with Crippen molar-refractivity contribution in [3.63, 3.8) is 0 Å². The minimum absolute atomic E-state index is 0.0425. The Morgan fingerprint density at radius 1 is 1.41 bits per heavy atom. The van der Waals surface area contributed by atoms with Crippen LogP contribution in [0.3, 0.4) is 0 Å². The van der Waals surface area contributed by atoms with Gasteiger partial charge in [0.15, 0.2) is 0 Å². The topological polar surface area (TPSA) is 58.6 Å². The first-order valence-electron chi connectivity index (χ1n) is 6.23. The van der Waals surface area contributed by atoms with E-state index >= 15 is 0 Å². The number of ether oxygens (including phenoxy) is 1. The number of rotatable bonds is 2. The molecule has 2 fully saturated rings. The molecule has 0 aromatic rings. The highest BCUT2D eigenvalue weighted by Gasteiger charge is 2.39. The van der Waals surface area contributed by atoms with Gasteiger partial charge in [-0.25, -0.2) is 0 Å². The fourth-order valence-electron chi connectivity index (χ4n) is 2.81. The van der Waals surface area contributed by atoms with E-state index in [9.17, 15) is 9.59 Å². The van der Waals surface area contributed by atoms with E-state index in [1.54, 1.807) is 0 Å². The summed E-state index contributed by atoms with van der Waals surface area (Å²) < 4.78 is 4.87. The second-order valence-corrected chi connectivity index (χ2v) is 5.00. The Morgan fingerprint density at radius 3 is 2.88 bits per heavy atom. The summed E-state index contributed by atoms with van der Waals surface area (Å²) in [5.41, 5.74) is -0.0425. The van der Waals surface area contributed by atoms with Crippen molar-refractivity contribution < 1.29 is 14.3 Å². The zero-order valence-corrected chi connectivity index (χ0v) is 10.3. The van der Waals surface area contributed by atoms with Crippen LogP contribution in [-0.4, -0.2) is 49.1 Å². The Morgan fingerprint density at radius 2 is 2.24 bits per heavy atom. The second kappa shape index (κ2) is 5.04. The van der Waals surface area contributed by atoms with Crippen LogP contribution in [-0.2, 0) is 14.3 Å². The molecule has 0 radical (unpaired) electrons. The predicted molar refractivity (Wildman–Crippen MR) is 62.4 cm³/mol. The van der Waals surface area contributed by atoms with Crippen molar-refractivity contribution in [2.75, 3.05) is 26.8 Å². The SMILES string of the molecule is COCC(=O)N1CCC[C@@]2(CCC(=O)N2)CC1. The smallest absolute Gasteiger partial charge is 0.248 e. The third-order valence-electron chi connectivity index (χ3n) is 3.80. The number of amides is 2. The van der Waals surface area contributed by atoms with Gasteiger partial charge in [0.05, 0.1) is 0 Å². The fraction of sp³-hybridized carbons (Fsp3) is 0.833. The van der Waals surface area contributed by atoms with Crippen LogP contribution in [0.15, 0.2) is 0 Å². The van der Waals surface area contributed by atoms with Crippen molar-refractivity contribution in [2.45, 2.75) is 37.6 Å². The molecule has 2 saturated heterocycles. The maximum absolute atomic E-state index is 11.7. The predicted octanol–water partition coefficient (Wildman–Crippen LogP) is 0.294. The molecule has 0 unspecified atom stereocenters. The summed E-state index contributed by atoms with van der Waals surface area (Å²) in [6, 6.07) is 0. The summed E-state index contributed by atoms with van der Waals surface area (Å²) in [7, 11) is 1.54. The minimum Gasteiger partial charge on any atom is -0.375 e. The molecule has 0 saturated carbocycles. The van der Waals surface area contributed by atoms with Crippen LogP contribution < -0.4 is 5.32 Å². The molecule has 2 aliphatic rings. The number of nitrogens with one attached hydrogen (secondary N) is 1. The number of carbonyl (C=O) groups excluding carboxylic acids is 2. The average molecular weight is 240 g/mol. The zero-order valence-electron chi connectivity index (χ0n) is 10.3. The Kier molecular flexibility index (Phi) is 3.66. The van der Waals surface area contributed by atoms with Gasteiger partial charge in [0.2, 0.25) is 11.8 Å². The molecule has 0 aromatic carbocycles. The lowest BCUT2D eigenvalue weighted by atomic mass is 9.89. The van der Waals surface area contributed by atoms with E-state index in [1.807, 2.05) is 4.90 Å². The van der Waals surface area contributed by atoms with E-state index in [-0.39, 0.29) is 24.0 Å². The van der Waals surface area contributed by atoms with E-state index in [4.69, 9.17) is 4.74 Å². The lowest BCUT2D eigenvalue weighted by Crippen LogP contribution is -2.43. The third kappa shape index (κ3) is 2.77. The molecule has 1 atom stereocenters. The van der Waals surface area contributed by atoms with Crippen LogP contribution in [0.5, 0.6) is 0 Å². The van der Waals surface area contributed by atoms with E-state index in [0.717, 1.165) is 38.8 Å². The normalized spacial score (nSPS) is 29.2. The van der Waals surface area contributed by atoms with Gasteiger partial charge in [0.25, 0.3) is 0 Å². The molecule has 1 spiro atoms. The first-order chi connectivity index (χ1) is 8.15. The number of likely N-dealkylation sites (tertiary alicyclic amines) is 1. The van der Waals surface area contributed by atoms with E-state index < -0.39 is 0 Å². The molecule has 5 heteroatoms. The van der Waals surface area contributed by atoms with Crippen molar-refractivity contribution in [2.24, 2.45) is 0 Å². The second-order valence-electron chi connectivity index (χ2n) is 5.00. The van der Waals surface area contributed by atoms with Crippen molar-refractivity contribution >= 4 is 11.8 Å². The standard InChI is InChI=1S/C12H20N2O3/c1-17-9-11(16)14-7-2-4-12(6-8-14)5-3-10(15)13-12/h2-9H2,1H3,(H,13,15)/t12-/m1/s1. The van der Waals surface area contributed by atoms with Gasteiger partial charge in [-0.15, -0.1) is 0 Å². The number of carbonyl (C=O) groups is 2. The Bertz CT molecular complexity index is 319. The largest absolute Gasteiger partial charge is 0.375 e. The summed E-state index contributed by atoms with van der Waals surface area (Å²) in [4.78, 5) is 24.9. The fourth-order valence-corrected chi connectivity index (χ4v) is 2.81. The van der Waals surface area contributed by atoms with E-state index in [2.05, 4.69) is 5.32 Å². The van der Waals surface area contributed by atoms with E-state index in [1.165, 1.54) is 7.11 Å². The van der Waals surface area contributed by atoms with Gasteiger partial charge >= 0.3 is 0 Å². The van der Waals surface area contributed by atoms with Crippen molar-refractivity contribution in [3.05, 3.63) is 0 Å². The van der Waals surface area contributed by atoms with Gasteiger partial charge in [-0.2, -0.15) is 0 Å². The number of hydrogen-bond donors (Lipinski definition) is 1. The van der Waals surface area contributed by atoms with Crippen LogP contribution in [0, 0.1) is 0 Å². The van der Waals surface area contributed by atoms with Gasteiger partial charge in [0.1, 0.15) is 6.61 Å². The summed E-state index contributed by atoms with van der Waals surface area (Å²) in [6.45, 7) is 1.65. The molecule has 2 amide bonds. The lowest BCUT2D eigenvalue weighted by Gasteiger charge is -2.27. The monoisotopic (exact) mass is 240 g/mol. The first kappa shape index (κ1) is 12.4. The van der Waals surface area contributed by atoms with Crippen LogP contribution in [0.2, 0.25) is 0 Å². The average Bonchev–Trinajstić information content (AvgIpc) is 2.54. The van der Waals surface area contributed by atoms with E-state index in [0.29, 0.717) is 6.42 Å². The minimum atomic E-state index is -0.0425. The molecule has 5 nitrogen and oxygen atoms in total. The summed E-state index contributed by atoms with van der Waals surface area (Å²) in [6.07, 6.45) is 4.35. The van der Waals surface area contributed by atoms with Gasteiger partial charge in [-0.3, -0.25) is 9.59 Å². The van der Waals surface area contributed by atoms with Gasteiger partial charge in [-0.05, 0) is 25.7 Å². The van der Waals surface area contributed by atoms with Crippen LogP contribution in [0.1, 0.15) is 32.1 Å². The molecule has 2 heterocycles. The number of hydrogen-bond acceptors (Lipinski definition) is 3. The Labute approximate surface area is 101 Å². The molecule has 0 aliphatic carbocycles. The van der Waals surface area contributed by atoms with Crippen LogP contribution >= 0.6 is 0 Å². The maximum Gasteiger partial charge on any atom is 0.248 e. The van der Waals surface area contributed by atoms with Crippen LogP contribution in [0.25, 0.3) is 0 Å². The Hall–Kier alpha value is -1.10. The molecule has 96 valence electrons. The van der Waals surface area contributed by atoms with Gasteiger partial charge in [-0.1, -0.05) is 0 Å². The third-order valence-corrected chi connectivity index (χ3v) is 3.80. The summed E-state index contributed by atoms with van der Waals surface area (Å²) >= 11 is 0. The highest BCUT2D eigenvalue weighted by atomic mass is 16.5. The quantitative estimate of drug-likeness (QED) is 0.755. The summed E-state index contributed by atoms with van der Waals surface area (Å²) in [5.74, 6) is 0.204. The van der Waals surface area contributed by atoms with Crippen molar-refractivity contribution in [3.8, 4) is 0 Å². The van der Waals surface area contributed by atoms with Gasteiger partial charge in [0, 0.05) is 32.2 Å². The molecule has 2 aliphatic heterocycles. The molecular weight excluding hydrogens is 220 g/mol. The molecule has 17 heavy (non-hydrogen) atoms. The molecule has 0 aromatic heterocycles. The van der Waals surface area contributed by atoms with Crippen LogP contribution in [0.4, 0.5) is 0 Å². The summed E-state index contributed by atoms with van der Waals surface area (Å²) in [5, 5.41) is 3.09. The maximum atomic E-state index is 11.7.